The minimum atomic E-state index is -1.26. The van der Waals surface area contributed by atoms with Gasteiger partial charge in [0.05, 0.1) is 16.6 Å². The molecule has 8 nitrogen and oxygen atoms in total. The van der Waals surface area contributed by atoms with Crippen molar-refractivity contribution in [3.63, 3.8) is 0 Å². The number of aliphatic hydroxyl groups excluding tert-OH is 1. The van der Waals surface area contributed by atoms with E-state index >= 15 is 0 Å². The zero-order chi connectivity index (χ0) is 15.4. The van der Waals surface area contributed by atoms with Crippen molar-refractivity contribution in [1.29, 1.82) is 0 Å². The highest BCUT2D eigenvalue weighted by Gasteiger charge is 2.25. The zero-order valence-electron chi connectivity index (χ0n) is 11.4. The molecule has 0 amide bonds. The van der Waals surface area contributed by atoms with E-state index in [2.05, 4.69) is 10.3 Å². The molecule has 1 aliphatic carbocycles. The highest BCUT2D eigenvalue weighted by Crippen LogP contribution is 2.27. The minimum Gasteiger partial charge on any atom is -0.478 e. The van der Waals surface area contributed by atoms with E-state index in [9.17, 15) is 20.0 Å². The third-order valence-corrected chi connectivity index (χ3v) is 3.71. The molecule has 21 heavy (non-hydrogen) atoms. The maximum absolute atomic E-state index is 11.0. The Balaban J connectivity index is 2.11. The molecule has 0 bridgehead atoms. The van der Waals surface area contributed by atoms with Crippen LogP contribution in [0.3, 0.4) is 0 Å². The van der Waals surface area contributed by atoms with Crippen LogP contribution in [0.15, 0.2) is 12.3 Å². The Labute approximate surface area is 121 Å². The number of nitrogens with one attached hydrogen (secondary N) is 1. The molecule has 1 aliphatic rings. The lowest BCUT2D eigenvalue weighted by Crippen LogP contribution is -2.30. The largest absolute Gasteiger partial charge is 0.478 e. The van der Waals surface area contributed by atoms with Crippen molar-refractivity contribution in [3.05, 3.63) is 27.9 Å². The molecule has 1 aromatic heterocycles. The van der Waals surface area contributed by atoms with Gasteiger partial charge >= 0.3 is 11.7 Å². The minimum absolute atomic E-state index is 0.0271. The Morgan fingerprint density at radius 2 is 2.19 bits per heavy atom. The predicted octanol–water partition coefficient (Wildman–Crippen LogP) is 1.65. The van der Waals surface area contributed by atoms with E-state index in [1.54, 1.807) is 0 Å². The summed E-state index contributed by atoms with van der Waals surface area (Å²) in [6, 6.07) is 0.981. The van der Waals surface area contributed by atoms with Crippen LogP contribution in [-0.2, 0) is 0 Å². The molecule has 1 fully saturated rings. The number of hydrogen-bond donors (Lipinski definition) is 3. The lowest BCUT2D eigenvalue weighted by atomic mass is 9.86. The number of carboxylic acids is 1. The molecule has 1 heterocycles. The molecule has 0 saturated heterocycles. The Bertz CT molecular complexity index is 549. The van der Waals surface area contributed by atoms with Crippen LogP contribution in [0, 0.1) is 16.0 Å². The second-order valence-corrected chi connectivity index (χ2v) is 5.15. The number of anilines is 1. The topological polar surface area (TPSA) is 126 Å². The lowest BCUT2D eigenvalue weighted by Gasteiger charge is -2.27. The maximum Gasteiger partial charge on any atom is 0.337 e. The quantitative estimate of drug-likeness (QED) is 0.557. The van der Waals surface area contributed by atoms with E-state index in [1.807, 2.05) is 0 Å². The predicted molar refractivity (Wildman–Crippen MR) is 74.3 cm³/mol. The fraction of sp³-hybridized carbons (Fsp3) is 0.538. The Hall–Kier alpha value is -2.22. The van der Waals surface area contributed by atoms with Crippen molar-refractivity contribution >= 4 is 17.5 Å². The summed E-state index contributed by atoms with van der Waals surface area (Å²) in [5, 5.41) is 32.6. The van der Waals surface area contributed by atoms with Crippen LogP contribution in [0.5, 0.6) is 0 Å². The highest BCUT2D eigenvalue weighted by atomic mass is 16.6. The van der Waals surface area contributed by atoms with Gasteiger partial charge in [-0.2, -0.15) is 0 Å². The number of pyridine rings is 1. The van der Waals surface area contributed by atoms with Gasteiger partial charge in [-0.3, -0.25) is 10.1 Å². The molecule has 0 aliphatic heterocycles. The van der Waals surface area contributed by atoms with Crippen LogP contribution in [0.2, 0.25) is 0 Å². The van der Waals surface area contributed by atoms with E-state index in [0.29, 0.717) is 6.54 Å². The van der Waals surface area contributed by atoms with Crippen molar-refractivity contribution in [2.75, 3.05) is 11.9 Å². The molecule has 0 aromatic carbocycles. The molecule has 2 atom stereocenters. The summed E-state index contributed by atoms with van der Waals surface area (Å²) in [4.78, 5) is 25.0. The molecule has 114 valence electrons. The first kappa shape index (κ1) is 15.2. The van der Waals surface area contributed by atoms with Crippen LogP contribution in [0.4, 0.5) is 11.5 Å². The smallest absolute Gasteiger partial charge is 0.337 e. The monoisotopic (exact) mass is 295 g/mol. The van der Waals surface area contributed by atoms with Crippen LogP contribution >= 0.6 is 0 Å². The molecule has 0 radical (unpaired) electrons. The first-order chi connectivity index (χ1) is 9.99. The van der Waals surface area contributed by atoms with E-state index in [1.165, 1.54) is 0 Å². The zero-order valence-corrected chi connectivity index (χ0v) is 11.4. The lowest BCUT2D eigenvalue weighted by molar-refractivity contribution is -0.384. The van der Waals surface area contributed by atoms with Gasteiger partial charge in [0.2, 0.25) is 5.82 Å². The van der Waals surface area contributed by atoms with E-state index in [4.69, 9.17) is 5.11 Å². The van der Waals surface area contributed by atoms with Gasteiger partial charge in [-0.05, 0) is 12.8 Å². The van der Waals surface area contributed by atoms with Crippen molar-refractivity contribution < 1.29 is 19.9 Å². The molecule has 8 heteroatoms. The van der Waals surface area contributed by atoms with Gasteiger partial charge in [-0.15, -0.1) is 0 Å². The molecule has 0 spiro atoms. The van der Waals surface area contributed by atoms with Gasteiger partial charge in [0, 0.05) is 24.7 Å². The van der Waals surface area contributed by atoms with Gasteiger partial charge in [0.25, 0.3) is 0 Å². The summed E-state index contributed by atoms with van der Waals surface area (Å²) < 4.78 is 0. The van der Waals surface area contributed by atoms with Crippen molar-refractivity contribution in [2.45, 2.75) is 31.8 Å². The molecular weight excluding hydrogens is 278 g/mol. The number of hydrogen-bond acceptors (Lipinski definition) is 6. The maximum atomic E-state index is 11.0. The van der Waals surface area contributed by atoms with Crippen LogP contribution in [0.25, 0.3) is 0 Å². The SMILES string of the molecule is O=C(O)c1cnc(NCC2CCCCC2O)c([N+](=O)[O-])c1. The van der Waals surface area contributed by atoms with E-state index < -0.39 is 17.0 Å². The first-order valence-corrected chi connectivity index (χ1v) is 6.78. The fourth-order valence-electron chi connectivity index (χ4n) is 2.50. The standard InChI is InChI=1S/C13H17N3O5/c17-11-4-2-1-3-8(11)6-14-12-10(16(20)21)5-9(7-15-12)13(18)19/h5,7-8,11,17H,1-4,6H2,(H,14,15)(H,18,19). The van der Waals surface area contributed by atoms with Gasteiger partial charge in [0.15, 0.2) is 0 Å². The van der Waals surface area contributed by atoms with Gasteiger partial charge in [-0.1, -0.05) is 12.8 Å². The third-order valence-electron chi connectivity index (χ3n) is 3.71. The number of aromatic carboxylic acids is 1. The molecule has 1 aromatic rings. The van der Waals surface area contributed by atoms with Crippen molar-refractivity contribution in [3.8, 4) is 0 Å². The number of nitro groups is 1. The third kappa shape index (κ3) is 3.66. The van der Waals surface area contributed by atoms with E-state index in [0.717, 1.165) is 37.9 Å². The molecule has 1 saturated carbocycles. The average molecular weight is 295 g/mol. The Morgan fingerprint density at radius 3 is 2.81 bits per heavy atom. The number of nitrogens with zero attached hydrogens (tertiary/aromatic N) is 2. The number of rotatable bonds is 5. The summed E-state index contributed by atoms with van der Waals surface area (Å²) in [6.07, 6.45) is 4.27. The second-order valence-electron chi connectivity index (χ2n) is 5.15. The first-order valence-electron chi connectivity index (χ1n) is 6.78. The van der Waals surface area contributed by atoms with Gasteiger partial charge in [-0.25, -0.2) is 9.78 Å². The molecule has 2 rings (SSSR count). The number of carboxylic acid groups (broad SMARTS) is 1. The second kappa shape index (κ2) is 6.49. The van der Waals surface area contributed by atoms with Crippen LogP contribution < -0.4 is 5.32 Å². The van der Waals surface area contributed by atoms with E-state index in [-0.39, 0.29) is 23.0 Å². The summed E-state index contributed by atoms with van der Waals surface area (Å²) in [7, 11) is 0. The molecular formula is C13H17N3O5. The van der Waals surface area contributed by atoms with Crippen molar-refractivity contribution in [2.24, 2.45) is 5.92 Å². The average Bonchev–Trinajstić information content (AvgIpc) is 2.46. The Morgan fingerprint density at radius 1 is 1.48 bits per heavy atom. The van der Waals surface area contributed by atoms with Crippen LogP contribution in [0.1, 0.15) is 36.0 Å². The summed E-state index contributed by atoms with van der Waals surface area (Å²) in [5.41, 5.74) is -0.606. The summed E-state index contributed by atoms with van der Waals surface area (Å²) >= 11 is 0. The van der Waals surface area contributed by atoms with Gasteiger partial charge < -0.3 is 15.5 Å². The van der Waals surface area contributed by atoms with Crippen LogP contribution in [-0.4, -0.2) is 38.7 Å². The number of carbonyl (C=O) groups is 1. The Kier molecular flexibility index (Phi) is 4.69. The fourth-order valence-corrected chi connectivity index (χ4v) is 2.50. The normalized spacial score (nSPS) is 21.8. The summed E-state index contributed by atoms with van der Waals surface area (Å²) in [6.45, 7) is 0.376. The molecule has 3 N–H and O–H groups in total. The number of aromatic nitrogens is 1. The number of aliphatic hydroxyl groups is 1. The van der Waals surface area contributed by atoms with Gasteiger partial charge in [0.1, 0.15) is 0 Å². The van der Waals surface area contributed by atoms with Crippen molar-refractivity contribution in [1.82, 2.24) is 4.98 Å². The highest BCUT2D eigenvalue weighted by molar-refractivity contribution is 5.88. The molecule has 2 unspecified atom stereocenters. The summed E-state index contributed by atoms with van der Waals surface area (Å²) in [5.74, 6) is -1.21.